The molecule has 2 heterocycles. The van der Waals surface area contributed by atoms with Gasteiger partial charge in [0, 0.05) is 13.0 Å². The van der Waals surface area contributed by atoms with E-state index in [1.54, 1.807) is 19.9 Å². The number of carbonyl (C=O) groups is 1. The summed E-state index contributed by atoms with van der Waals surface area (Å²) in [5.41, 5.74) is 0.792. The Morgan fingerprint density at radius 2 is 1.84 bits per heavy atom. The minimum absolute atomic E-state index is 0.0869. The number of piperidine rings is 1. The summed E-state index contributed by atoms with van der Waals surface area (Å²) in [6, 6.07) is 14.0. The lowest BCUT2D eigenvalue weighted by molar-refractivity contribution is -0.137. The van der Waals surface area contributed by atoms with E-state index in [0.29, 0.717) is 30.7 Å². The molecular weight excluding hydrogens is 417 g/mol. The number of carbonyl (C=O) groups excluding carboxylic acids is 1. The van der Waals surface area contributed by atoms with E-state index in [4.69, 9.17) is 4.74 Å². The van der Waals surface area contributed by atoms with E-state index < -0.39 is 23.4 Å². The summed E-state index contributed by atoms with van der Waals surface area (Å²) in [7, 11) is 0. The Labute approximate surface area is 186 Å². The van der Waals surface area contributed by atoms with Gasteiger partial charge in [0.25, 0.3) is 0 Å². The van der Waals surface area contributed by atoms with Crippen LogP contribution in [0, 0.1) is 6.92 Å². The lowest BCUT2D eigenvalue weighted by atomic mass is 9.76. The summed E-state index contributed by atoms with van der Waals surface area (Å²) in [5, 5.41) is 6.76. The van der Waals surface area contributed by atoms with Gasteiger partial charge in [0.2, 0.25) is 5.91 Å². The lowest BCUT2D eigenvalue weighted by Gasteiger charge is -2.46. The number of ether oxygens (including phenoxy) is 1. The van der Waals surface area contributed by atoms with E-state index in [9.17, 15) is 18.0 Å². The summed E-state index contributed by atoms with van der Waals surface area (Å²) in [6.07, 6.45) is -1.96. The molecule has 0 radical (unpaired) electrons. The van der Waals surface area contributed by atoms with Crippen molar-refractivity contribution in [2.24, 2.45) is 0 Å². The number of alkyl halides is 3. The Kier molecular flexibility index (Phi) is 6.07. The molecule has 2 aliphatic heterocycles. The fourth-order valence-corrected chi connectivity index (χ4v) is 4.85. The van der Waals surface area contributed by atoms with E-state index in [1.807, 2.05) is 30.3 Å². The molecule has 2 N–H and O–H groups in total. The zero-order valence-corrected chi connectivity index (χ0v) is 18.4. The van der Waals surface area contributed by atoms with Crippen molar-refractivity contribution in [3.8, 4) is 0 Å². The molecule has 0 aromatic heterocycles. The van der Waals surface area contributed by atoms with E-state index in [1.165, 1.54) is 6.07 Å². The summed E-state index contributed by atoms with van der Waals surface area (Å²) in [5.74, 6) is 0.0869. The van der Waals surface area contributed by atoms with Gasteiger partial charge in [-0.1, -0.05) is 42.0 Å². The van der Waals surface area contributed by atoms with Crippen LogP contribution in [0.15, 0.2) is 48.5 Å². The SMILES string of the molecule is Cc1cc(C(C)OCC2(c3ccccc3)CCC3(CCC(=O)N3)CN2)cc(C(F)(F)F)c1. The number of aryl methyl sites for hydroxylation is 1. The van der Waals surface area contributed by atoms with Gasteiger partial charge in [0.05, 0.1) is 29.4 Å². The predicted molar refractivity (Wildman–Crippen MR) is 116 cm³/mol. The normalized spacial score (nSPS) is 26.8. The van der Waals surface area contributed by atoms with Crippen molar-refractivity contribution in [3.05, 3.63) is 70.8 Å². The van der Waals surface area contributed by atoms with Crippen molar-refractivity contribution >= 4 is 5.91 Å². The van der Waals surface area contributed by atoms with E-state index in [0.717, 1.165) is 30.9 Å². The maximum absolute atomic E-state index is 13.3. The molecule has 0 aliphatic carbocycles. The van der Waals surface area contributed by atoms with Crippen molar-refractivity contribution < 1.29 is 22.7 Å². The number of halogens is 3. The third kappa shape index (κ3) is 4.69. The van der Waals surface area contributed by atoms with Gasteiger partial charge in [-0.25, -0.2) is 0 Å². The number of hydrogen-bond donors (Lipinski definition) is 2. The predicted octanol–water partition coefficient (Wildman–Crippen LogP) is 5.02. The maximum Gasteiger partial charge on any atom is 0.416 e. The van der Waals surface area contributed by atoms with Crippen LogP contribution in [0.4, 0.5) is 13.2 Å². The highest BCUT2D eigenvalue weighted by Crippen LogP contribution is 2.39. The Hall–Kier alpha value is -2.38. The molecule has 0 saturated carbocycles. The first kappa shape index (κ1) is 22.8. The monoisotopic (exact) mass is 446 g/mol. The Bertz CT molecular complexity index is 967. The first-order chi connectivity index (χ1) is 15.1. The van der Waals surface area contributed by atoms with Crippen LogP contribution in [-0.2, 0) is 21.2 Å². The summed E-state index contributed by atoms with van der Waals surface area (Å²) in [4.78, 5) is 11.8. The average Bonchev–Trinajstić information content (AvgIpc) is 3.13. The minimum Gasteiger partial charge on any atom is -0.372 e. The fourth-order valence-electron chi connectivity index (χ4n) is 4.85. The second kappa shape index (κ2) is 8.52. The quantitative estimate of drug-likeness (QED) is 0.678. The number of nitrogens with one attached hydrogen (secondary N) is 2. The Balaban J connectivity index is 1.53. The average molecular weight is 447 g/mol. The smallest absolute Gasteiger partial charge is 0.372 e. The second-order valence-electron chi connectivity index (χ2n) is 9.21. The van der Waals surface area contributed by atoms with Crippen molar-refractivity contribution in [2.75, 3.05) is 13.2 Å². The van der Waals surface area contributed by atoms with Crippen LogP contribution in [-0.4, -0.2) is 24.6 Å². The summed E-state index contributed by atoms with van der Waals surface area (Å²) in [6.45, 7) is 4.40. The number of rotatable bonds is 5. The van der Waals surface area contributed by atoms with Gasteiger partial charge in [-0.2, -0.15) is 13.2 Å². The molecule has 7 heteroatoms. The molecule has 2 saturated heterocycles. The van der Waals surface area contributed by atoms with Crippen LogP contribution >= 0.6 is 0 Å². The van der Waals surface area contributed by atoms with Crippen LogP contribution in [0.1, 0.15) is 61.0 Å². The van der Waals surface area contributed by atoms with Gasteiger partial charge in [-0.3, -0.25) is 4.79 Å². The van der Waals surface area contributed by atoms with Gasteiger partial charge >= 0.3 is 6.18 Å². The fraction of sp³-hybridized carbons (Fsp3) is 0.480. The van der Waals surface area contributed by atoms with Crippen LogP contribution in [0.5, 0.6) is 0 Å². The van der Waals surface area contributed by atoms with Gasteiger partial charge in [0.15, 0.2) is 0 Å². The number of hydrogen-bond acceptors (Lipinski definition) is 3. The molecule has 0 bridgehead atoms. The third-order valence-electron chi connectivity index (χ3n) is 6.83. The highest BCUT2D eigenvalue weighted by Gasteiger charge is 2.46. The summed E-state index contributed by atoms with van der Waals surface area (Å²) >= 11 is 0. The molecule has 32 heavy (non-hydrogen) atoms. The van der Waals surface area contributed by atoms with Crippen molar-refractivity contribution in [3.63, 3.8) is 0 Å². The largest absolute Gasteiger partial charge is 0.416 e. The topological polar surface area (TPSA) is 50.4 Å². The van der Waals surface area contributed by atoms with Crippen molar-refractivity contribution in [2.45, 2.75) is 62.9 Å². The first-order valence-corrected chi connectivity index (χ1v) is 11.0. The third-order valence-corrected chi connectivity index (χ3v) is 6.83. The van der Waals surface area contributed by atoms with Crippen LogP contribution in [0.3, 0.4) is 0 Å². The zero-order valence-electron chi connectivity index (χ0n) is 18.4. The van der Waals surface area contributed by atoms with Crippen LogP contribution in [0.2, 0.25) is 0 Å². The maximum atomic E-state index is 13.3. The molecule has 2 aliphatic rings. The van der Waals surface area contributed by atoms with Gasteiger partial charge in [-0.05, 0) is 56.4 Å². The van der Waals surface area contributed by atoms with Gasteiger partial charge in [-0.15, -0.1) is 0 Å². The van der Waals surface area contributed by atoms with Crippen LogP contribution < -0.4 is 10.6 Å². The van der Waals surface area contributed by atoms with Crippen molar-refractivity contribution in [1.82, 2.24) is 10.6 Å². The van der Waals surface area contributed by atoms with Crippen molar-refractivity contribution in [1.29, 1.82) is 0 Å². The first-order valence-electron chi connectivity index (χ1n) is 11.0. The molecule has 2 aromatic rings. The highest BCUT2D eigenvalue weighted by atomic mass is 19.4. The molecule has 1 amide bonds. The molecule has 4 nitrogen and oxygen atoms in total. The summed E-state index contributed by atoms with van der Waals surface area (Å²) < 4.78 is 46.0. The molecular formula is C25H29F3N2O2. The Morgan fingerprint density at radius 3 is 2.44 bits per heavy atom. The Morgan fingerprint density at radius 1 is 1.09 bits per heavy atom. The van der Waals surface area contributed by atoms with E-state index in [-0.39, 0.29) is 11.4 Å². The second-order valence-corrected chi connectivity index (χ2v) is 9.21. The molecule has 4 rings (SSSR count). The molecule has 2 fully saturated rings. The number of benzene rings is 2. The molecule has 3 unspecified atom stereocenters. The molecule has 1 spiro atoms. The van der Waals surface area contributed by atoms with E-state index >= 15 is 0 Å². The highest BCUT2D eigenvalue weighted by molar-refractivity contribution is 5.79. The van der Waals surface area contributed by atoms with Gasteiger partial charge < -0.3 is 15.4 Å². The van der Waals surface area contributed by atoms with Crippen LogP contribution in [0.25, 0.3) is 0 Å². The molecule has 3 atom stereocenters. The van der Waals surface area contributed by atoms with E-state index in [2.05, 4.69) is 10.6 Å². The zero-order chi connectivity index (χ0) is 23.0. The van der Waals surface area contributed by atoms with Gasteiger partial charge in [0.1, 0.15) is 0 Å². The molecule has 172 valence electrons. The minimum atomic E-state index is -4.39. The number of amides is 1. The molecule has 2 aromatic carbocycles. The lowest BCUT2D eigenvalue weighted by Crippen LogP contribution is -2.61. The standard InChI is InChI=1S/C25H29F3N2O2/c1-17-12-19(14-21(13-17)25(26,27)28)18(2)32-16-24(20-6-4-3-5-7-20)11-10-23(15-29-24)9-8-22(31)30-23/h3-7,12-14,18,29H,8-11,15-16H2,1-2H3,(H,30,31).